The number of aromatic nitrogens is 3. The summed E-state index contributed by atoms with van der Waals surface area (Å²) in [4.78, 5) is 11.0. The number of benzene rings is 12. The number of pyridine rings is 1. The van der Waals surface area contributed by atoms with Crippen LogP contribution in [0.15, 0.2) is 279 Å². The van der Waals surface area contributed by atoms with Crippen LogP contribution >= 0.6 is 0 Å². The van der Waals surface area contributed by atoms with Crippen LogP contribution in [0.2, 0.25) is 0 Å². The molecule has 0 spiro atoms. The molecule has 0 atom stereocenters. The molecular weight excluding hydrogens is 1200 g/mol. The first-order valence-corrected chi connectivity index (χ1v) is 35.2. The van der Waals surface area contributed by atoms with E-state index in [0.717, 1.165) is 95.7 Å². The van der Waals surface area contributed by atoms with E-state index in [4.69, 9.17) is 4.98 Å². The average molecular weight is 1280 g/mol. The molecule has 3 aromatic heterocycles. The lowest BCUT2D eigenvalue weighted by atomic mass is 9.33. The lowest BCUT2D eigenvalue weighted by molar-refractivity contribution is 0.590. The molecule has 0 saturated heterocycles. The summed E-state index contributed by atoms with van der Waals surface area (Å²) >= 11 is 0. The maximum atomic E-state index is 5.78. The van der Waals surface area contributed by atoms with Crippen molar-refractivity contribution in [1.29, 1.82) is 0 Å². The van der Waals surface area contributed by atoms with Crippen LogP contribution in [0.25, 0.3) is 99.8 Å². The largest absolute Gasteiger partial charge is 0.311 e. The summed E-state index contributed by atoms with van der Waals surface area (Å²) in [7, 11) is 0. The van der Waals surface area contributed by atoms with Crippen LogP contribution in [0.4, 0.5) is 34.1 Å². The molecule has 99 heavy (non-hydrogen) atoms. The molecule has 482 valence electrons. The fourth-order valence-corrected chi connectivity index (χ4v) is 15.8. The maximum absolute atomic E-state index is 5.78. The van der Waals surface area contributed by atoms with E-state index in [0.29, 0.717) is 0 Å². The smallest absolute Gasteiger partial charge is 0.252 e. The van der Waals surface area contributed by atoms with E-state index < -0.39 is 0 Å². The van der Waals surface area contributed by atoms with Gasteiger partial charge < -0.3 is 14.4 Å². The molecule has 5 heterocycles. The van der Waals surface area contributed by atoms with Crippen LogP contribution in [0.3, 0.4) is 0 Å². The van der Waals surface area contributed by atoms with Crippen molar-refractivity contribution in [2.24, 2.45) is 0 Å². The topological polar surface area (TPSA) is 29.2 Å². The third kappa shape index (κ3) is 10.3. The maximum Gasteiger partial charge on any atom is 0.252 e. The van der Waals surface area contributed by atoms with Crippen molar-refractivity contribution in [2.45, 2.75) is 105 Å². The molecule has 0 fully saturated rings. The summed E-state index contributed by atoms with van der Waals surface area (Å²) < 4.78 is 4.99. The van der Waals surface area contributed by atoms with Gasteiger partial charge in [-0.05, 0) is 173 Å². The Labute approximate surface area is 583 Å². The fourth-order valence-electron chi connectivity index (χ4n) is 15.8. The van der Waals surface area contributed by atoms with E-state index in [-0.39, 0.29) is 28.4 Å². The molecule has 0 radical (unpaired) electrons. The summed E-state index contributed by atoms with van der Waals surface area (Å²) in [6, 6.07) is 106. The number of hydrogen-bond acceptors (Lipinski definition) is 3. The molecule has 0 saturated carbocycles. The molecule has 2 aliphatic rings. The molecule has 17 rings (SSSR count). The van der Waals surface area contributed by atoms with Crippen molar-refractivity contribution in [3.05, 3.63) is 301 Å². The summed E-state index contributed by atoms with van der Waals surface area (Å²) in [5, 5.41) is 4.95. The van der Waals surface area contributed by atoms with Crippen LogP contribution < -0.4 is 26.2 Å². The Morgan fingerprint density at radius 3 is 1.24 bits per heavy atom. The zero-order valence-electron chi connectivity index (χ0n) is 58.9. The second-order valence-electron chi connectivity index (χ2n) is 31.7. The standard InChI is InChI=1S/C93H82BN5/c1-90(2,3)64-43-49-80-73(53-64)74-54-65(91(4,5)6)44-50-81(74)99(80)88-38-26-35-77(95-88)63-40-48-82-76(51-63)94-75-47-39-62(59-27-16-13-17-28-59)52-85(75)98(79-37-25-23-34-70(79)61-31-20-15-21-32-61)87-58-68(57-86(89(87)94)97(82)78-36-24-22-33-69(78)60-29-18-14-19-30-60)96-83-55-66(92(7,8)9)41-45-71(83)72-46-42-67(56-84(72)96)93(10,11)12/h13-58H,1-12H3. The van der Waals surface area contributed by atoms with Crippen molar-refractivity contribution < 1.29 is 0 Å². The highest BCUT2D eigenvalue weighted by atomic mass is 15.2. The van der Waals surface area contributed by atoms with Crippen molar-refractivity contribution in [3.8, 4) is 56.1 Å². The van der Waals surface area contributed by atoms with E-state index in [1.807, 2.05) is 0 Å². The zero-order valence-corrected chi connectivity index (χ0v) is 58.9. The SMILES string of the molecule is CC(C)(C)c1ccc2c(c1)c1cc(C(C)(C)C)ccc1n2-c1cccc(-c2ccc3c(c2)B2c4ccc(-c5ccccc5)cc4N(c4ccccc4-c4ccccc4)c4cc(-n5c6cc(C(C)(C)C)ccc6c6ccc(C(C)(C)C)cc65)cc(c42)N3c2ccccc2-c2ccccc2)n1. The quantitative estimate of drug-likeness (QED) is 0.142. The minimum Gasteiger partial charge on any atom is -0.311 e. The van der Waals surface area contributed by atoms with Gasteiger partial charge in [-0.25, -0.2) is 4.98 Å². The minimum atomic E-state index is -0.230. The number of rotatable bonds is 8. The van der Waals surface area contributed by atoms with E-state index >= 15 is 0 Å². The Balaban J connectivity index is 0.984. The Morgan fingerprint density at radius 2 is 0.727 bits per heavy atom. The Bertz CT molecular complexity index is 5590. The van der Waals surface area contributed by atoms with Gasteiger partial charge in [0.25, 0.3) is 6.71 Å². The lowest BCUT2D eigenvalue weighted by Gasteiger charge is -2.45. The van der Waals surface area contributed by atoms with Crippen LogP contribution in [0, 0.1) is 0 Å². The zero-order chi connectivity index (χ0) is 68.0. The molecule has 0 aliphatic carbocycles. The van der Waals surface area contributed by atoms with Gasteiger partial charge in [0.2, 0.25) is 0 Å². The normalized spacial score (nSPS) is 13.2. The first-order chi connectivity index (χ1) is 47.6. The van der Waals surface area contributed by atoms with Gasteiger partial charge in [0.05, 0.1) is 44.8 Å². The van der Waals surface area contributed by atoms with Crippen LogP contribution in [-0.4, -0.2) is 20.8 Å². The fraction of sp³-hybridized carbons (Fsp3) is 0.172. The molecule has 0 bridgehead atoms. The molecule has 15 aromatic rings. The number of para-hydroxylation sites is 2. The summed E-state index contributed by atoms with van der Waals surface area (Å²) in [5.41, 5.74) is 29.9. The second-order valence-corrected chi connectivity index (χ2v) is 31.7. The van der Waals surface area contributed by atoms with Crippen molar-refractivity contribution in [2.75, 3.05) is 9.80 Å². The third-order valence-corrected chi connectivity index (χ3v) is 21.1. The predicted molar refractivity (Wildman–Crippen MR) is 423 cm³/mol. The molecule has 0 amide bonds. The summed E-state index contributed by atoms with van der Waals surface area (Å²) in [6.45, 7) is 27.6. The molecular formula is C93H82BN5. The molecule has 5 nitrogen and oxygen atoms in total. The highest BCUT2D eigenvalue weighted by Gasteiger charge is 2.45. The molecule has 0 N–H and O–H groups in total. The van der Waals surface area contributed by atoms with Crippen molar-refractivity contribution in [3.63, 3.8) is 0 Å². The van der Waals surface area contributed by atoms with Gasteiger partial charge in [0.1, 0.15) is 5.82 Å². The van der Waals surface area contributed by atoms with Gasteiger partial charge in [-0.15, -0.1) is 0 Å². The summed E-state index contributed by atoms with van der Waals surface area (Å²) in [5.74, 6) is 0.884. The molecule has 2 aliphatic heterocycles. The third-order valence-electron chi connectivity index (χ3n) is 21.1. The minimum absolute atomic E-state index is 0.0229. The van der Waals surface area contributed by atoms with Gasteiger partial charge in [-0.1, -0.05) is 277 Å². The number of anilines is 6. The first kappa shape index (κ1) is 61.6. The summed E-state index contributed by atoms with van der Waals surface area (Å²) in [6.07, 6.45) is 0. The Morgan fingerprint density at radius 1 is 0.273 bits per heavy atom. The van der Waals surface area contributed by atoms with Crippen LogP contribution in [-0.2, 0) is 21.7 Å². The van der Waals surface area contributed by atoms with Crippen LogP contribution in [0.5, 0.6) is 0 Å². The average Bonchev–Trinajstić information content (AvgIpc) is 1.27. The highest BCUT2D eigenvalue weighted by molar-refractivity contribution is 7.00. The Kier molecular flexibility index (Phi) is 14.2. The van der Waals surface area contributed by atoms with E-state index in [9.17, 15) is 0 Å². The van der Waals surface area contributed by atoms with Gasteiger partial charge >= 0.3 is 0 Å². The van der Waals surface area contributed by atoms with Crippen molar-refractivity contribution >= 4 is 101 Å². The van der Waals surface area contributed by atoms with Crippen molar-refractivity contribution in [1.82, 2.24) is 14.1 Å². The van der Waals surface area contributed by atoms with Gasteiger partial charge in [0, 0.05) is 55.4 Å². The molecule has 0 unspecified atom stereocenters. The predicted octanol–water partition coefficient (Wildman–Crippen LogP) is 23.2. The van der Waals surface area contributed by atoms with E-state index in [2.05, 4.69) is 381 Å². The first-order valence-electron chi connectivity index (χ1n) is 35.2. The molecule has 6 heteroatoms. The molecule has 12 aromatic carbocycles. The van der Waals surface area contributed by atoms with Gasteiger partial charge in [-0.3, -0.25) is 4.57 Å². The number of hydrogen-bond donors (Lipinski definition) is 0. The van der Waals surface area contributed by atoms with Gasteiger partial charge in [-0.2, -0.15) is 0 Å². The number of nitrogens with zero attached hydrogens (tertiary/aromatic N) is 5. The lowest BCUT2D eigenvalue weighted by Crippen LogP contribution is -2.61. The van der Waals surface area contributed by atoms with Gasteiger partial charge in [0.15, 0.2) is 0 Å². The monoisotopic (exact) mass is 1280 g/mol. The Hall–Kier alpha value is -10.9. The highest BCUT2D eigenvalue weighted by Crippen LogP contribution is 2.51. The van der Waals surface area contributed by atoms with Crippen LogP contribution in [0.1, 0.15) is 105 Å². The van der Waals surface area contributed by atoms with E-state index in [1.165, 1.54) is 76.8 Å². The number of fused-ring (bicyclic) bond motifs is 10. The second kappa shape index (κ2) is 22.8. The van der Waals surface area contributed by atoms with E-state index in [1.54, 1.807) is 0 Å².